The summed E-state index contributed by atoms with van der Waals surface area (Å²) < 4.78 is 13.3. The normalized spacial score (nSPS) is 10.0. The number of carboxylic acid groups (broad SMARTS) is 1. The largest absolute Gasteiger partial charge is 0.481 e. The zero-order valence-electron chi connectivity index (χ0n) is 7.67. The SMILES string of the molecule is O=C(O)Cc1ccc(C(=O)CBr)cc1F. The van der Waals surface area contributed by atoms with E-state index in [0.29, 0.717) is 0 Å². The van der Waals surface area contributed by atoms with Gasteiger partial charge < -0.3 is 5.11 Å². The van der Waals surface area contributed by atoms with E-state index in [1.165, 1.54) is 12.1 Å². The Balaban J connectivity index is 2.97. The molecule has 0 aliphatic carbocycles. The standard InChI is InChI=1S/C10H8BrFO3/c11-5-9(13)7-2-1-6(4-10(14)15)8(12)3-7/h1-3H,4-5H2,(H,14,15). The molecule has 0 fully saturated rings. The molecular weight excluding hydrogens is 267 g/mol. The predicted octanol–water partition coefficient (Wildman–Crippen LogP) is 2.03. The Bertz CT molecular complexity index is 404. The number of carbonyl (C=O) groups excluding carboxylic acids is 1. The second-order valence-corrected chi connectivity index (χ2v) is 3.49. The van der Waals surface area contributed by atoms with Gasteiger partial charge in [-0.25, -0.2) is 4.39 Å². The van der Waals surface area contributed by atoms with Gasteiger partial charge >= 0.3 is 5.97 Å². The van der Waals surface area contributed by atoms with E-state index in [4.69, 9.17) is 5.11 Å². The summed E-state index contributed by atoms with van der Waals surface area (Å²) in [6.45, 7) is 0. The van der Waals surface area contributed by atoms with E-state index in [1.54, 1.807) is 0 Å². The van der Waals surface area contributed by atoms with E-state index in [0.717, 1.165) is 6.07 Å². The van der Waals surface area contributed by atoms with Crippen molar-refractivity contribution in [2.45, 2.75) is 6.42 Å². The summed E-state index contributed by atoms with van der Waals surface area (Å²) in [5, 5.41) is 8.59. The number of rotatable bonds is 4. The van der Waals surface area contributed by atoms with Gasteiger partial charge in [-0.3, -0.25) is 9.59 Å². The average Bonchev–Trinajstić information content (AvgIpc) is 2.19. The van der Waals surface area contributed by atoms with E-state index in [1.807, 2.05) is 0 Å². The van der Waals surface area contributed by atoms with E-state index in [9.17, 15) is 14.0 Å². The maximum Gasteiger partial charge on any atom is 0.307 e. The molecule has 0 aliphatic heterocycles. The first-order chi connectivity index (χ1) is 7.04. The van der Waals surface area contributed by atoms with Crippen molar-refractivity contribution in [1.29, 1.82) is 0 Å². The highest BCUT2D eigenvalue weighted by molar-refractivity contribution is 9.09. The minimum absolute atomic E-state index is 0.0774. The molecule has 80 valence electrons. The van der Waals surface area contributed by atoms with Crippen LogP contribution < -0.4 is 0 Å². The van der Waals surface area contributed by atoms with Crippen molar-refractivity contribution in [3.05, 3.63) is 35.1 Å². The fourth-order valence-electron chi connectivity index (χ4n) is 1.10. The number of Topliss-reactive ketones (excluding diaryl/α,β-unsaturated/α-hetero) is 1. The number of benzene rings is 1. The van der Waals surface area contributed by atoms with Gasteiger partial charge in [-0.2, -0.15) is 0 Å². The van der Waals surface area contributed by atoms with Gasteiger partial charge in [0.25, 0.3) is 0 Å². The molecule has 0 aliphatic rings. The Kier molecular flexibility index (Phi) is 3.96. The number of hydrogen-bond acceptors (Lipinski definition) is 2. The molecule has 0 radical (unpaired) electrons. The summed E-state index contributed by atoms with van der Waals surface area (Å²) in [5.41, 5.74) is 0.312. The Morgan fingerprint density at radius 1 is 1.40 bits per heavy atom. The van der Waals surface area contributed by atoms with Crippen molar-refractivity contribution in [3.8, 4) is 0 Å². The third kappa shape index (κ3) is 3.13. The van der Waals surface area contributed by atoms with Gasteiger partial charge in [0.1, 0.15) is 5.82 Å². The zero-order valence-corrected chi connectivity index (χ0v) is 9.25. The molecule has 0 unspecified atom stereocenters. The maximum absolute atomic E-state index is 13.3. The van der Waals surface area contributed by atoms with Gasteiger partial charge in [-0.15, -0.1) is 0 Å². The molecule has 0 heterocycles. The molecule has 1 N–H and O–H groups in total. The van der Waals surface area contributed by atoms with Crippen LogP contribution in [-0.4, -0.2) is 22.2 Å². The van der Waals surface area contributed by atoms with Crippen LogP contribution in [0.3, 0.4) is 0 Å². The molecule has 0 saturated carbocycles. The van der Waals surface area contributed by atoms with Gasteiger partial charge in [-0.05, 0) is 11.6 Å². The molecule has 1 aromatic rings. The molecule has 1 rings (SSSR count). The molecule has 0 saturated heterocycles. The molecule has 0 bridgehead atoms. The van der Waals surface area contributed by atoms with E-state index in [-0.39, 0.29) is 28.7 Å². The molecule has 1 aromatic carbocycles. The van der Waals surface area contributed by atoms with Crippen LogP contribution in [0.25, 0.3) is 0 Å². The molecular formula is C10H8BrFO3. The number of aliphatic carboxylic acids is 1. The lowest BCUT2D eigenvalue weighted by Gasteiger charge is -2.02. The van der Waals surface area contributed by atoms with Crippen molar-refractivity contribution >= 4 is 27.7 Å². The third-order valence-electron chi connectivity index (χ3n) is 1.84. The van der Waals surface area contributed by atoms with E-state index in [2.05, 4.69) is 15.9 Å². The number of halogens is 2. The van der Waals surface area contributed by atoms with Gasteiger partial charge in [0.2, 0.25) is 0 Å². The first kappa shape index (κ1) is 11.8. The molecule has 0 aromatic heterocycles. The Labute approximate surface area is 94.0 Å². The molecule has 0 atom stereocenters. The fraction of sp³-hybridized carbons (Fsp3) is 0.200. The highest BCUT2D eigenvalue weighted by Gasteiger charge is 2.10. The van der Waals surface area contributed by atoms with Crippen LogP contribution in [0.15, 0.2) is 18.2 Å². The second-order valence-electron chi connectivity index (χ2n) is 2.93. The molecule has 5 heteroatoms. The quantitative estimate of drug-likeness (QED) is 0.675. The lowest BCUT2D eigenvalue weighted by atomic mass is 10.1. The smallest absolute Gasteiger partial charge is 0.307 e. The summed E-state index contributed by atoms with van der Waals surface area (Å²) in [5.74, 6) is -2.01. The van der Waals surface area contributed by atoms with Crippen molar-refractivity contribution in [2.75, 3.05) is 5.33 Å². The second kappa shape index (κ2) is 5.02. The van der Waals surface area contributed by atoms with Crippen LogP contribution >= 0.6 is 15.9 Å². The highest BCUT2D eigenvalue weighted by Crippen LogP contribution is 2.12. The molecule has 3 nitrogen and oxygen atoms in total. The Hall–Kier alpha value is -1.23. The number of ketones is 1. The maximum atomic E-state index is 13.3. The number of alkyl halides is 1. The lowest BCUT2D eigenvalue weighted by Crippen LogP contribution is -2.05. The van der Waals surface area contributed by atoms with Gasteiger partial charge in [0.15, 0.2) is 5.78 Å². The van der Waals surface area contributed by atoms with Crippen LogP contribution in [0.5, 0.6) is 0 Å². The van der Waals surface area contributed by atoms with E-state index < -0.39 is 11.8 Å². The Morgan fingerprint density at radius 3 is 2.53 bits per heavy atom. The van der Waals surface area contributed by atoms with Crippen LogP contribution in [0.1, 0.15) is 15.9 Å². The minimum Gasteiger partial charge on any atom is -0.481 e. The van der Waals surface area contributed by atoms with Crippen molar-refractivity contribution in [1.82, 2.24) is 0 Å². The van der Waals surface area contributed by atoms with Gasteiger partial charge in [0, 0.05) is 5.56 Å². The van der Waals surface area contributed by atoms with Crippen LogP contribution in [0.4, 0.5) is 4.39 Å². The fourth-order valence-corrected chi connectivity index (χ4v) is 1.43. The first-order valence-corrected chi connectivity index (χ1v) is 5.26. The van der Waals surface area contributed by atoms with Crippen LogP contribution in [0.2, 0.25) is 0 Å². The van der Waals surface area contributed by atoms with Crippen molar-refractivity contribution in [3.63, 3.8) is 0 Å². The summed E-state index contributed by atoms with van der Waals surface area (Å²) in [6, 6.07) is 3.80. The topological polar surface area (TPSA) is 54.4 Å². The van der Waals surface area contributed by atoms with Gasteiger partial charge in [0.05, 0.1) is 11.8 Å². The molecule has 0 spiro atoms. The summed E-state index contributed by atoms with van der Waals surface area (Å²) in [7, 11) is 0. The third-order valence-corrected chi connectivity index (χ3v) is 2.35. The molecule has 15 heavy (non-hydrogen) atoms. The zero-order chi connectivity index (χ0) is 11.4. The summed E-state index contributed by atoms with van der Waals surface area (Å²) >= 11 is 2.97. The monoisotopic (exact) mass is 274 g/mol. The summed E-state index contributed by atoms with van der Waals surface area (Å²) in [6.07, 6.45) is -0.380. The van der Waals surface area contributed by atoms with Crippen LogP contribution in [0, 0.1) is 5.82 Å². The van der Waals surface area contributed by atoms with E-state index >= 15 is 0 Å². The highest BCUT2D eigenvalue weighted by atomic mass is 79.9. The predicted molar refractivity (Wildman–Crippen MR) is 55.9 cm³/mol. The van der Waals surface area contributed by atoms with Crippen molar-refractivity contribution in [2.24, 2.45) is 0 Å². The Morgan fingerprint density at radius 2 is 2.07 bits per heavy atom. The first-order valence-electron chi connectivity index (χ1n) is 4.14. The van der Waals surface area contributed by atoms with Crippen molar-refractivity contribution < 1.29 is 19.1 Å². The minimum atomic E-state index is -1.10. The van der Waals surface area contributed by atoms with Gasteiger partial charge in [-0.1, -0.05) is 28.1 Å². The number of carboxylic acids is 1. The summed E-state index contributed by atoms with van der Waals surface area (Å²) in [4.78, 5) is 21.5. The average molecular weight is 275 g/mol. The number of carbonyl (C=O) groups is 2. The number of hydrogen-bond donors (Lipinski definition) is 1. The molecule has 0 amide bonds. The van der Waals surface area contributed by atoms with Crippen LogP contribution in [-0.2, 0) is 11.2 Å². The lowest BCUT2D eigenvalue weighted by molar-refractivity contribution is -0.136.